The molecule has 0 radical (unpaired) electrons. The van der Waals surface area contributed by atoms with Gasteiger partial charge in [0.2, 0.25) is 5.43 Å². The fourth-order valence-corrected chi connectivity index (χ4v) is 2.26. The van der Waals surface area contributed by atoms with Gasteiger partial charge in [0.25, 0.3) is 0 Å². The van der Waals surface area contributed by atoms with E-state index in [1.54, 1.807) is 18.2 Å². The fourth-order valence-electron chi connectivity index (χ4n) is 2.26. The number of H-pyrrole nitrogens is 1. The van der Waals surface area contributed by atoms with Crippen molar-refractivity contribution in [1.82, 2.24) is 4.98 Å². The number of phenols is 2. The Hall–Kier alpha value is -2.69. The van der Waals surface area contributed by atoms with E-state index in [1.807, 2.05) is 0 Å². The number of nitrogens with one attached hydrogen (secondary N) is 1. The van der Waals surface area contributed by atoms with E-state index in [9.17, 15) is 15.0 Å². The van der Waals surface area contributed by atoms with Gasteiger partial charge in [0.15, 0.2) is 0 Å². The largest absolute Gasteiger partial charge is 0.508 e. The Labute approximate surface area is 107 Å². The third-order valence-corrected chi connectivity index (χ3v) is 3.07. The van der Waals surface area contributed by atoms with Crippen molar-refractivity contribution in [1.29, 1.82) is 0 Å². The number of aromatic amines is 1. The highest BCUT2D eigenvalue weighted by Crippen LogP contribution is 2.30. The first-order valence-corrected chi connectivity index (χ1v) is 5.66. The second kappa shape index (κ2) is 3.91. The van der Waals surface area contributed by atoms with Crippen LogP contribution in [-0.2, 0) is 0 Å². The molecule has 0 amide bonds. The van der Waals surface area contributed by atoms with E-state index in [1.165, 1.54) is 13.2 Å². The molecule has 3 rings (SSSR count). The van der Waals surface area contributed by atoms with Gasteiger partial charge >= 0.3 is 0 Å². The van der Waals surface area contributed by atoms with E-state index in [4.69, 9.17) is 4.74 Å². The van der Waals surface area contributed by atoms with E-state index in [2.05, 4.69) is 4.98 Å². The van der Waals surface area contributed by atoms with E-state index in [-0.39, 0.29) is 22.3 Å². The fraction of sp³-hybridized carbons (Fsp3) is 0.0714. The zero-order valence-corrected chi connectivity index (χ0v) is 10.1. The Morgan fingerprint density at radius 2 is 1.89 bits per heavy atom. The number of hydrogen-bond donors (Lipinski definition) is 3. The zero-order valence-electron chi connectivity index (χ0n) is 10.1. The molecule has 5 heteroatoms. The number of benzene rings is 2. The molecule has 0 aliphatic rings. The van der Waals surface area contributed by atoms with Crippen molar-refractivity contribution in [3.63, 3.8) is 0 Å². The number of aromatic hydroxyl groups is 2. The smallest absolute Gasteiger partial charge is 0.204 e. The van der Waals surface area contributed by atoms with Crippen molar-refractivity contribution in [2.75, 3.05) is 7.11 Å². The summed E-state index contributed by atoms with van der Waals surface area (Å²) in [5, 5.41) is 19.8. The molecule has 3 aromatic rings. The number of fused-ring (bicyclic) bond motifs is 2. The molecule has 0 bridgehead atoms. The van der Waals surface area contributed by atoms with Gasteiger partial charge in [-0.25, -0.2) is 0 Å². The molecule has 5 nitrogen and oxygen atoms in total. The van der Waals surface area contributed by atoms with Crippen LogP contribution in [-0.4, -0.2) is 22.3 Å². The van der Waals surface area contributed by atoms with Gasteiger partial charge in [-0.15, -0.1) is 0 Å². The van der Waals surface area contributed by atoms with E-state index in [0.29, 0.717) is 22.2 Å². The van der Waals surface area contributed by atoms with Gasteiger partial charge < -0.3 is 19.9 Å². The first-order valence-electron chi connectivity index (χ1n) is 5.66. The number of aromatic nitrogens is 1. The summed E-state index contributed by atoms with van der Waals surface area (Å²) in [6.45, 7) is 0. The molecular formula is C14H11NO4. The Morgan fingerprint density at radius 3 is 2.63 bits per heavy atom. The molecule has 2 aromatic carbocycles. The molecule has 0 atom stereocenters. The minimum absolute atomic E-state index is 0.108. The monoisotopic (exact) mass is 257 g/mol. The lowest BCUT2D eigenvalue weighted by molar-refractivity contribution is 0.419. The van der Waals surface area contributed by atoms with E-state index < -0.39 is 0 Å². The lowest BCUT2D eigenvalue weighted by Gasteiger charge is -2.08. The van der Waals surface area contributed by atoms with E-state index >= 15 is 0 Å². The van der Waals surface area contributed by atoms with Crippen LogP contribution in [0.5, 0.6) is 17.2 Å². The Kier molecular flexibility index (Phi) is 2.35. The Bertz CT molecular complexity index is 851. The lowest BCUT2D eigenvalue weighted by Crippen LogP contribution is -2.06. The summed E-state index contributed by atoms with van der Waals surface area (Å²) in [4.78, 5) is 15.5. The summed E-state index contributed by atoms with van der Waals surface area (Å²) in [5.74, 6) is 0.0695. The van der Waals surface area contributed by atoms with Gasteiger partial charge in [-0.1, -0.05) is 6.07 Å². The predicted molar refractivity (Wildman–Crippen MR) is 72.0 cm³/mol. The van der Waals surface area contributed by atoms with Crippen molar-refractivity contribution in [3.8, 4) is 17.2 Å². The number of rotatable bonds is 1. The maximum atomic E-state index is 12.5. The van der Waals surface area contributed by atoms with Gasteiger partial charge in [-0.3, -0.25) is 4.79 Å². The minimum Gasteiger partial charge on any atom is -0.508 e. The van der Waals surface area contributed by atoms with Crippen molar-refractivity contribution >= 4 is 21.8 Å². The second-order valence-electron chi connectivity index (χ2n) is 4.22. The number of hydrogen-bond acceptors (Lipinski definition) is 4. The minimum atomic E-state index is -0.335. The SMILES string of the molecule is COc1cccc2[nH]c3cc(O)cc(O)c3c(=O)c12. The first kappa shape index (κ1) is 11.4. The van der Waals surface area contributed by atoms with E-state index in [0.717, 1.165) is 6.07 Å². The summed E-state index contributed by atoms with van der Waals surface area (Å²) in [5.41, 5.74) is 0.629. The molecule has 0 unspecified atom stereocenters. The summed E-state index contributed by atoms with van der Waals surface area (Å²) in [7, 11) is 1.48. The van der Waals surface area contributed by atoms with Crippen LogP contribution in [0.1, 0.15) is 0 Å². The maximum absolute atomic E-state index is 12.5. The summed E-state index contributed by atoms with van der Waals surface area (Å²) in [6, 6.07) is 7.71. The highest BCUT2D eigenvalue weighted by atomic mass is 16.5. The molecule has 1 heterocycles. The van der Waals surface area contributed by atoms with Gasteiger partial charge in [-0.05, 0) is 12.1 Å². The predicted octanol–water partition coefficient (Wildman–Crippen LogP) is 2.10. The average Bonchev–Trinajstić information content (AvgIpc) is 2.36. The molecule has 0 saturated heterocycles. The molecule has 1 aromatic heterocycles. The van der Waals surface area contributed by atoms with Crippen molar-refractivity contribution < 1.29 is 14.9 Å². The number of ether oxygens (including phenoxy) is 1. The number of methoxy groups -OCH3 is 1. The van der Waals surface area contributed by atoms with Crippen LogP contribution in [0.2, 0.25) is 0 Å². The second-order valence-corrected chi connectivity index (χ2v) is 4.22. The standard InChI is InChI=1S/C14H11NO4/c1-19-11-4-2-3-8-13(11)14(18)12-9(15-8)5-7(16)6-10(12)17/h2-6,16-17H,1H3,(H,15,18). The van der Waals surface area contributed by atoms with Crippen LogP contribution < -0.4 is 10.2 Å². The molecule has 96 valence electrons. The van der Waals surface area contributed by atoms with Crippen molar-refractivity contribution in [3.05, 3.63) is 40.6 Å². The van der Waals surface area contributed by atoms with Crippen molar-refractivity contribution in [2.45, 2.75) is 0 Å². The molecule has 0 aliphatic carbocycles. The summed E-state index contributed by atoms with van der Waals surface area (Å²) in [6.07, 6.45) is 0. The van der Waals surface area contributed by atoms with Crippen LogP contribution in [0.4, 0.5) is 0 Å². The van der Waals surface area contributed by atoms with Gasteiger partial charge in [-0.2, -0.15) is 0 Å². The van der Waals surface area contributed by atoms with Crippen LogP contribution in [0, 0.1) is 0 Å². The average molecular weight is 257 g/mol. The van der Waals surface area contributed by atoms with Crippen LogP contribution >= 0.6 is 0 Å². The molecule has 19 heavy (non-hydrogen) atoms. The quantitative estimate of drug-likeness (QED) is 0.583. The summed E-state index contributed by atoms with van der Waals surface area (Å²) >= 11 is 0. The Balaban J connectivity index is 2.61. The lowest BCUT2D eigenvalue weighted by atomic mass is 10.1. The highest BCUT2D eigenvalue weighted by molar-refractivity contribution is 5.98. The summed E-state index contributed by atoms with van der Waals surface area (Å²) < 4.78 is 5.17. The number of phenolic OH excluding ortho intramolecular Hbond substituents is 2. The third-order valence-electron chi connectivity index (χ3n) is 3.07. The van der Waals surface area contributed by atoms with Gasteiger partial charge in [0, 0.05) is 12.1 Å². The van der Waals surface area contributed by atoms with Crippen molar-refractivity contribution in [2.24, 2.45) is 0 Å². The van der Waals surface area contributed by atoms with Crippen LogP contribution in [0.3, 0.4) is 0 Å². The van der Waals surface area contributed by atoms with Crippen LogP contribution in [0.25, 0.3) is 21.8 Å². The first-order chi connectivity index (χ1) is 9.11. The molecular weight excluding hydrogens is 246 g/mol. The topological polar surface area (TPSA) is 82.6 Å². The number of pyridine rings is 1. The molecule has 0 aliphatic heterocycles. The maximum Gasteiger partial charge on any atom is 0.204 e. The van der Waals surface area contributed by atoms with Gasteiger partial charge in [0.05, 0.1) is 28.9 Å². The zero-order chi connectivity index (χ0) is 13.6. The molecule has 0 saturated carbocycles. The normalized spacial score (nSPS) is 11.0. The molecule has 0 spiro atoms. The molecule has 0 fully saturated rings. The van der Waals surface area contributed by atoms with Crippen LogP contribution in [0.15, 0.2) is 35.1 Å². The third kappa shape index (κ3) is 1.59. The highest BCUT2D eigenvalue weighted by Gasteiger charge is 2.13. The molecule has 3 N–H and O–H groups in total. The Morgan fingerprint density at radius 1 is 1.11 bits per heavy atom. The van der Waals surface area contributed by atoms with Gasteiger partial charge in [0.1, 0.15) is 17.2 Å².